The van der Waals surface area contributed by atoms with E-state index in [0.717, 1.165) is 9.26 Å². The fraction of sp³-hybridized carbons (Fsp3) is 0.167. The molecule has 0 atom stereocenters. The predicted molar refractivity (Wildman–Crippen MR) is 85.2 cm³/mol. The summed E-state index contributed by atoms with van der Waals surface area (Å²) in [6.45, 7) is 0.312. The molecule has 19 heavy (non-hydrogen) atoms. The van der Waals surface area contributed by atoms with Crippen LogP contribution in [0.2, 0.25) is 10.2 Å². The number of rotatable bonds is 4. The number of halogens is 3. The van der Waals surface area contributed by atoms with Gasteiger partial charge in [0.1, 0.15) is 17.6 Å². The molecule has 0 saturated heterocycles. The van der Waals surface area contributed by atoms with E-state index >= 15 is 0 Å². The zero-order valence-electron chi connectivity index (χ0n) is 9.95. The molecule has 1 aromatic carbocycles. The second-order valence-electron chi connectivity index (χ2n) is 3.67. The molecule has 1 N–H and O–H groups in total. The van der Waals surface area contributed by atoms with Gasteiger partial charge in [0.2, 0.25) is 0 Å². The second kappa shape index (κ2) is 6.69. The smallest absolute Gasteiger partial charge is 0.158 e. The van der Waals surface area contributed by atoms with Crippen LogP contribution in [0.1, 0.15) is 5.82 Å². The molecule has 4 nitrogen and oxygen atoms in total. The summed E-state index contributed by atoms with van der Waals surface area (Å²) >= 11 is 14.1. The zero-order chi connectivity index (χ0) is 13.8. The molecular formula is C12H10Cl2IN3O. The van der Waals surface area contributed by atoms with E-state index in [2.05, 4.69) is 37.9 Å². The van der Waals surface area contributed by atoms with Gasteiger partial charge < -0.3 is 10.1 Å². The van der Waals surface area contributed by atoms with E-state index in [1.807, 2.05) is 18.2 Å². The maximum atomic E-state index is 5.95. The Kier molecular flexibility index (Phi) is 5.20. The lowest BCUT2D eigenvalue weighted by atomic mass is 10.3. The molecule has 0 aliphatic heterocycles. The van der Waals surface area contributed by atoms with Crippen molar-refractivity contribution in [3.05, 3.63) is 43.8 Å². The number of benzene rings is 1. The summed E-state index contributed by atoms with van der Waals surface area (Å²) in [6.07, 6.45) is 0. The molecule has 0 unspecified atom stereocenters. The van der Waals surface area contributed by atoms with E-state index < -0.39 is 0 Å². The number of nitrogens with one attached hydrogen (secondary N) is 1. The van der Waals surface area contributed by atoms with E-state index in [-0.39, 0.29) is 0 Å². The van der Waals surface area contributed by atoms with Crippen LogP contribution in [0.25, 0.3) is 0 Å². The fourth-order valence-corrected chi connectivity index (χ4v) is 2.66. The average molecular weight is 410 g/mol. The number of nitrogens with zero attached hydrogens (tertiary/aromatic N) is 2. The molecule has 0 fully saturated rings. The highest BCUT2D eigenvalue weighted by Crippen LogP contribution is 2.25. The molecule has 100 valence electrons. The van der Waals surface area contributed by atoms with Gasteiger partial charge in [-0.15, -0.1) is 0 Å². The van der Waals surface area contributed by atoms with Crippen LogP contribution in [0.5, 0.6) is 0 Å². The minimum Gasteiger partial charge on any atom is -0.377 e. The van der Waals surface area contributed by atoms with Crippen molar-refractivity contribution in [2.75, 3.05) is 12.4 Å². The first-order valence-corrected chi connectivity index (χ1v) is 7.16. The van der Waals surface area contributed by atoms with Gasteiger partial charge in [-0.1, -0.05) is 23.2 Å². The van der Waals surface area contributed by atoms with Crippen LogP contribution in [0.15, 0.2) is 24.3 Å². The quantitative estimate of drug-likeness (QED) is 0.604. The highest BCUT2D eigenvalue weighted by molar-refractivity contribution is 14.1. The van der Waals surface area contributed by atoms with Gasteiger partial charge in [0.15, 0.2) is 5.82 Å². The van der Waals surface area contributed by atoms with Gasteiger partial charge in [0.25, 0.3) is 0 Å². The molecule has 0 spiro atoms. The Balaban J connectivity index is 2.27. The third-order valence-corrected chi connectivity index (χ3v) is 3.53. The van der Waals surface area contributed by atoms with Crippen molar-refractivity contribution in [2.45, 2.75) is 6.61 Å². The first kappa shape index (κ1) is 14.8. The van der Waals surface area contributed by atoms with E-state index in [1.165, 1.54) is 0 Å². The summed E-state index contributed by atoms with van der Waals surface area (Å²) in [6, 6.07) is 7.22. The maximum Gasteiger partial charge on any atom is 0.158 e. The Bertz CT molecular complexity index is 595. The Hall–Kier alpha value is -0.630. The van der Waals surface area contributed by atoms with Crippen molar-refractivity contribution >= 4 is 57.3 Å². The summed E-state index contributed by atoms with van der Waals surface area (Å²) in [4.78, 5) is 8.38. The highest BCUT2D eigenvalue weighted by Gasteiger charge is 2.06. The number of hydrogen-bond donors (Lipinski definition) is 1. The number of aromatic nitrogens is 2. The summed E-state index contributed by atoms with van der Waals surface area (Å²) in [7, 11) is 1.58. The first-order chi connectivity index (χ1) is 9.08. The summed E-state index contributed by atoms with van der Waals surface area (Å²) in [5, 5.41) is 4.24. The third-order valence-electron chi connectivity index (χ3n) is 2.21. The molecular weight excluding hydrogens is 400 g/mol. The van der Waals surface area contributed by atoms with Gasteiger partial charge in [-0.2, -0.15) is 0 Å². The van der Waals surface area contributed by atoms with E-state index in [4.69, 9.17) is 27.9 Å². The standard InChI is InChI=1S/C12H10Cl2IN3O/c1-19-6-12-17-10(14)5-11(18-12)16-9-3-2-7(13)4-8(9)15/h2-5H,6H2,1H3,(H,16,17,18). The number of hydrogen-bond acceptors (Lipinski definition) is 4. The van der Waals surface area contributed by atoms with Crippen LogP contribution < -0.4 is 5.32 Å². The lowest BCUT2D eigenvalue weighted by Gasteiger charge is -2.09. The van der Waals surface area contributed by atoms with Crippen LogP contribution in [-0.4, -0.2) is 17.1 Å². The SMILES string of the molecule is COCc1nc(Cl)cc(Nc2ccc(Cl)cc2I)n1. The second-order valence-corrected chi connectivity index (χ2v) is 5.66. The van der Waals surface area contributed by atoms with Crippen molar-refractivity contribution in [1.82, 2.24) is 9.97 Å². The molecule has 0 aliphatic rings. The molecule has 0 bridgehead atoms. The van der Waals surface area contributed by atoms with Crippen LogP contribution in [0, 0.1) is 3.57 Å². The fourth-order valence-electron chi connectivity index (χ4n) is 1.45. The number of anilines is 2. The lowest BCUT2D eigenvalue weighted by Crippen LogP contribution is -2.02. The Morgan fingerprint density at radius 1 is 1.26 bits per heavy atom. The Morgan fingerprint density at radius 3 is 2.74 bits per heavy atom. The molecule has 0 saturated carbocycles. The van der Waals surface area contributed by atoms with Crippen LogP contribution in [0.3, 0.4) is 0 Å². The summed E-state index contributed by atoms with van der Waals surface area (Å²) < 4.78 is 5.99. The van der Waals surface area contributed by atoms with Crippen molar-refractivity contribution < 1.29 is 4.74 Å². The van der Waals surface area contributed by atoms with Crippen molar-refractivity contribution in [3.8, 4) is 0 Å². The van der Waals surface area contributed by atoms with Gasteiger partial charge in [-0.25, -0.2) is 9.97 Å². The molecule has 1 heterocycles. The average Bonchev–Trinajstić information content (AvgIpc) is 2.32. The van der Waals surface area contributed by atoms with Gasteiger partial charge in [-0.05, 0) is 40.8 Å². The minimum atomic E-state index is 0.312. The monoisotopic (exact) mass is 409 g/mol. The number of ether oxygens (including phenoxy) is 1. The Labute approximate surface area is 134 Å². The van der Waals surface area contributed by atoms with Crippen LogP contribution in [-0.2, 0) is 11.3 Å². The zero-order valence-corrected chi connectivity index (χ0v) is 13.6. The molecule has 2 aromatic rings. The van der Waals surface area contributed by atoms with Crippen molar-refractivity contribution in [2.24, 2.45) is 0 Å². The molecule has 0 aliphatic carbocycles. The summed E-state index contributed by atoms with van der Waals surface area (Å²) in [5.41, 5.74) is 0.906. The molecule has 0 amide bonds. The van der Waals surface area contributed by atoms with Gasteiger partial charge in [0.05, 0.1) is 5.69 Å². The van der Waals surface area contributed by atoms with E-state index in [1.54, 1.807) is 13.2 Å². The maximum absolute atomic E-state index is 5.95. The predicted octanol–water partition coefficient (Wildman–Crippen LogP) is 4.28. The third kappa shape index (κ3) is 4.17. The largest absolute Gasteiger partial charge is 0.377 e. The summed E-state index contributed by atoms with van der Waals surface area (Å²) in [5.74, 6) is 1.15. The Morgan fingerprint density at radius 2 is 2.05 bits per heavy atom. The van der Waals surface area contributed by atoms with Crippen molar-refractivity contribution in [1.29, 1.82) is 0 Å². The van der Waals surface area contributed by atoms with E-state index in [9.17, 15) is 0 Å². The van der Waals surface area contributed by atoms with Crippen LogP contribution >= 0.6 is 45.8 Å². The van der Waals surface area contributed by atoms with E-state index in [0.29, 0.717) is 28.4 Å². The van der Waals surface area contributed by atoms with Gasteiger partial charge in [-0.3, -0.25) is 0 Å². The molecule has 7 heteroatoms. The number of methoxy groups -OCH3 is 1. The lowest BCUT2D eigenvalue weighted by molar-refractivity contribution is 0.178. The minimum absolute atomic E-state index is 0.312. The molecule has 1 aromatic heterocycles. The van der Waals surface area contributed by atoms with Gasteiger partial charge >= 0.3 is 0 Å². The van der Waals surface area contributed by atoms with Gasteiger partial charge in [0, 0.05) is 21.8 Å². The highest BCUT2D eigenvalue weighted by atomic mass is 127. The van der Waals surface area contributed by atoms with Crippen molar-refractivity contribution in [3.63, 3.8) is 0 Å². The normalized spacial score (nSPS) is 10.5. The molecule has 2 rings (SSSR count). The topological polar surface area (TPSA) is 47.0 Å². The first-order valence-electron chi connectivity index (χ1n) is 5.33. The molecule has 0 radical (unpaired) electrons. The van der Waals surface area contributed by atoms with Crippen LogP contribution in [0.4, 0.5) is 11.5 Å².